The monoisotopic (exact) mass is 232 g/mol. The van der Waals surface area contributed by atoms with Crippen LogP contribution in [0.2, 0.25) is 0 Å². The fraction of sp³-hybridized carbons (Fsp3) is 0.917. The number of rotatable bonds is 3. The molecule has 2 nitrogen and oxygen atoms in total. The molecule has 2 aliphatic carbocycles. The number of hydrogen-bond acceptors (Lipinski definition) is 2. The zero-order valence-corrected chi connectivity index (χ0v) is 9.71. The van der Waals surface area contributed by atoms with Crippen LogP contribution in [-0.4, -0.2) is 18.0 Å². The van der Waals surface area contributed by atoms with Crippen LogP contribution in [0.3, 0.4) is 0 Å². The van der Waals surface area contributed by atoms with Gasteiger partial charge < -0.3 is 4.74 Å². The third-order valence-corrected chi connectivity index (χ3v) is 3.88. The van der Waals surface area contributed by atoms with Crippen molar-refractivity contribution < 1.29 is 18.3 Å². The largest absolute Gasteiger partial charge is 0.462 e. The van der Waals surface area contributed by atoms with Crippen LogP contribution >= 0.6 is 0 Å². The number of carbonyl (C=O) groups is 1. The van der Waals surface area contributed by atoms with E-state index in [1.54, 1.807) is 0 Å². The van der Waals surface area contributed by atoms with Crippen LogP contribution in [0.5, 0.6) is 0 Å². The lowest BCUT2D eigenvalue weighted by molar-refractivity contribution is -0.149. The van der Waals surface area contributed by atoms with E-state index in [9.17, 15) is 13.6 Å². The lowest BCUT2D eigenvalue weighted by Crippen LogP contribution is -2.29. The maximum atomic E-state index is 12.9. The van der Waals surface area contributed by atoms with Crippen LogP contribution < -0.4 is 0 Å². The lowest BCUT2D eigenvalue weighted by Gasteiger charge is -2.29. The highest BCUT2D eigenvalue weighted by Crippen LogP contribution is 2.52. The number of esters is 1. The summed E-state index contributed by atoms with van der Waals surface area (Å²) in [6.45, 7) is 2.40. The molecule has 4 heteroatoms. The molecule has 0 aromatic rings. The predicted octanol–water partition coefficient (Wildman–Crippen LogP) is 3.01. The standard InChI is InChI=1S/C12H18F2O2/c1-7(15)16-11-5-8-3-9(11)4-10(8)6-12(2,13)14/h8-11H,3-6H2,1-2H3. The Labute approximate surface area is 94.3 Å². The quantitative estimate of drug-likeness (QED) is 0.699. The fourth-order valence-corrected chi connectivity index (χ4v) is 3.41. The molecule has 0 aliphatic heterocycles. The third kappa shape index (κ3) is 2.53. The molecule has 0 N–H and O–H groups in total. The van der Waals surface area contributed by atoms with Gasteiger partial charge in [-0.2, -0.15) is 0 Å². The Morgan fingerprint density at radius 3 is 2.44 bits per heavy atom. The predicted molar refractivity (Wildman–Crippen MR) is 55.1 cm³/mol. The van der Waals surface area contributed by atoms with E-state index in [0.29, 0.717) is 11.8 Å². The van der Waals surface area contributed by atoms with Crippen molar-refractivity contribution in [2.45, 2.75) is 51.6 Å². The normalized spacial score (nSPS) is 37.8. The topological polar surface area (TPSA) is 26.3 Å². The highest BCUT2D eigenvalue weighted by atomic mass is 19.3. The fourth-order valence-electron chi connectivity index (χ4n) is 3.41. The molecule has 0 aromatic heterocycles. The molecule has 0 heterocycles. The SMILES string of the molecule is CC(=O)OC1CC2CC1CC2CC(C)(F)F. The molecule has 4 unspecified atom stereocenters. The smallest absolute Gasteiger partial charge is 0.302 e. The second kappa shape index (κ2) is 3.97. The number of carbonyl (C=O) groups excluding carboxylic acids is 1. The minimum atomic E-state index is -2.56. The van der Waals surface area contributed by atoms with Gasteiger partial charge in [-0.1, -0.05) is 0 Å². The Balaban J connectivity index is 1.88. The van der Waals surface area contributed by atoms with E-state index < -0.39 is 5.92 Å². The Bertz CT molecular complexity index is 285. The second-order valence-electron chi connectivity index (χ2n) is 5.41. The van der Waals surface area contributed by atoms with Crippen LogP contribution in [0.1, 0.15) is 39.5 Å². The van der Waals surface area contributed by atoms with Crippen LogP contribution in [-0.2, 0) is 9.53 Å². The van der Waals surface area contributed by atoms with Gasteiger partial charge in [-0.25, -0.2) is 8.78 Å². The molecular weight excluding hydrogens is 214 g/mol. The van der Waals surface area contributed by atoms with Gasteiger partial charge in [0.05, 0.1) is 0 Å². The first-order valence-electron chi connectivity index (χ1n) is 5.90. The Morgan fingerprint density at radius 2 is 2.00 bits per heavy atom. The molecule has 0 aromatic carbocycles. The van der Waals surface area contributed by atoms with Gasteiger partial charge in [0.15, 0.2) is 0 Å². The van der Waals surface area contributed by atoms with Gasteiger partial charge in [0.25, 0.3) is 0 Å². The minimum Gasteiger partial charge on any atom is -0.462 e. The maximum Gasteiger partial charge on any atom is 0.302 e. The molecule has 4 atom stereocenters. The van der Waals surface area contributed by atoms with Gasteiger partial charge in [-0.3, -0.25) is 4.79 Å². The van der Waals surface area contributed by atoms with Crippen molar-refractivity contribution in [1.82, 2.24) is 0 Å². The summed E-state index contributed by atoms with van der Waals surface area (Å²) in [6.07, 6.45) is 2.51. The Morgan fingerprint density at radius 1 is 1.31 bits per heavy atom. The van der Waals surface area contributed by atoms with Crippen molar-refractivity contribution in [3.63, 3.8) is 0 Å². The summed E-state index contributed by atoms with van der Waals surface area (Å²) in [5.74, 6) is -2.04. The van der Waals surface area contributed by atoms with Gasteiger partial charge in [0, 0.05) is 13.3 Å². The summed E-state index contributed by atoms with van der Waals surface area (Å²) < 4.78 is 31.0. The molecule has 92 valence electrons. The first-order chi connectivity index (χ1) is 7.35. The number of halogens is 2. The Kier molecular flexibility index (Phi) is 2.93. The molecule has 0 spiro atoms. The first kappa shape index (κ1) is 11.8. The second-order valence-corrected chi connectivity index (χ2v) is 5.41. The van der Waals surface area contributed by atoms with Crippen LogP contribution in [0.25, 0.3) is 0 Å². The summed E-state index contributed by atoms with van der Waals surface area (Å²) in [7, 11) is 0. The molecule has 0 saturated heterocycles. The molecule has 2 rings (SSSR count). The van der Waals surface area contributed by atoms with E-state index in [-0.39, 0.29) is 24.4 Å². The zero-order valence-electron chi connectivity index (χ0n) is 9.71. The maximum absolute atomic E-state index is 12.9. The first-order valence-corrected chi connectivity index (χ1v) is 5.90. The molecule has 0 amide bonds. The molecule has 2 aliphatic rings. The van der Waals surface area contributed by atoms with Crippen LogP contribution in [0.4, 0.5) is 8.78 Å². The van der Waals surface area contributed by atoms with E-state index in [2.05, 4.69) is 0 Å². The molecule has 16 heavy (non-hydrogen) atoms. The van der Waals surface area contributed by atoms with Gasteiger partial charge in [-0.15, -0.1) is 0 Å². The summed E-state index contributed by atoms with van der Waals surface area (Å²) in [6, 6.07) is 0. The summed E-state index contributed by atoms with van der Waals surface area (Å²) >= 11 is 0. The van der Waals surface area contributed by atoms with Crippen molar-refractivity contribution in [3.05, 3.63) is 0 Å². The van der Waals surface area contributed by atoms with Gasteiger partial charge in [0.1, 0.15) is 6.10 Å². The van der Waals surface area contributed by atoms with Gasteiger partial charge >= 0.3 is 5.97 Å². The molecule has 0 radical (unpaired) electrons. The molecule has 2 saturated carbocycles. The van der Waals surface area contributed by atoms with E-state index in [1.807, 2.05) is 0 Å². The molecule has 2 bridgehead atoms. The molecule has 2 fully saturated rings. The van der Waals surface area contributed by atoms with E-state index in [4.69, 9.17) is 4.74 Å². The number of ether oxygens (including phenoxy) is 1. The zero-order chi connectivity index (χ0) is 11.9. The van der Waals surface area contributed by atoms with E-state index >= 15 is 0 Å². The van der Waals surface area contributed by atoms with Crippen molar-refractivity contribution >= 4 is 5.97 Å². The third-order valence-electron chi connectivity index (χ3n) is 3.88. The molecular formula is C12H18F2O2. The number of hydrogen-bond donors (Lipinski definition) is 0. The van der Waals surface area contributed by atoms with E-state index in [1.165, 1.54) is 6.92 Å². The summed E-state index contributed by atoms with van der Waals surface area (Å²) in [5.41, 5.74) is 0. The highest BCUT2D eigenvalue weighted by Gasteiger charge is 2.49. The number of alkyl halides is 2. The average Bonchev–Trinajstić information content (AvgIpc) is 2.58. The minimum absolute atomic E-state index is 0.00997. The van der Waals surface area contributed by atoms with E-state index in [0.717, 1.165) is 26.2 Å². The number of fused-ring (bicyclic) bond motifs is 2. The van der Waals surface area contributed by atoms with Crippen LogP contribution in [0.15, 0.2) is 0 Å². The van der Waals surface area contributed by atoms with Crippen molar-refractivity contribution in [3.8, 4) is 0 Å². The summed E-state index contributed by atoms with van der Waals surface area (Å²) in [4.78, 5) is 10.8. The van der Waals surface area contributed by atoms with Crippen LogP contribution in [0, 0.1) is 17.8 Å². The average molecular weight is 232 g/mol. The van der Waals surface area contributed by atoms with Gasteiger partial charge in [-0.05, 0) is 43.9 Å². The Hall–Kier alpha value is -0.670. The van der Waals surface area contributed by atoms with Crippen molar-refractivity contribution in [1.29, 1.82) is 0 Å². The lowest BCUT2D eigenvalue weighted by atomic mass is 9.83. The van der Waals surface area contributed by atoms with Gasteiger partial charge in [0.2, 0.25) is 5.92 Å². The van der Waals surface area contributed by atoms with Crippen molar-refractivity contribution in [2.24, 2.45) is 17.8 Å². The van der Waals surface area contributed by atoms with Crippen molar-refractivity contribution in [2.75, 3.05) is 0 Å². The summed E-state index contributed by atoms with van der Waals surface area (Å²) in [5, 5.41) is 0. The highest BCUT2D eigenvalue weighted by molar-refractivity contribution is 5.66.